The summed E-state index contributed by atoms with van der Waals surface area (Å²) in [6.45, 7) is 6.34. The SMILES string of the molecule is CCn1c(SCC(=O)Nc2ccc(Br)cc2)nnc1[C@H](NC(=O)c1cccc([N+](=O)[O-])c1)C(C)C. The van der Waals surface area contributed by atoms with Gasteiger partial charge in [0.25, 0.3) is 11.6 Å². The second-order valence-electron chi connectivity index (χ2n) is 7.93. The summed E-state index contributed by atoms with van der Waals surface area (Å²) in [7, 11) is 0. The molecule has 0 fully saturated rings. The lowest BCUT2D eigenvalue weighted by molar-refractivity contribution is -0.384. The number of non-ortho nitro benzene ring substituents is 1. The van der Waals surface area contributed by atoms with Crippen molar-refractivity contribution in [2.75, 3.05) is 11.1 Å². The van der Waals surface area contributed by atoms with Crippen molar-refractivity contribution in [3.05, 3.63) is 74.5 Å². The van der Waals surface area contributed by atoms with E-state index in [-0.39, 0.29) is 28.8 Å². The number of nitro benzene ring substituents is 1. The van der Waals surface area contributed by atoms with Crippen molar-refractivity contribution < 1.29 is 14.5 Å². The van der Waals surface area contributed by atoms with E-state index < -0.39 is 16.9 Å². The van der Waals surface area contributed by atoms with E-state index >= 15 is 0 Å². The first kappa shape index (κ1) is 26.4. The molecule has 0 bridgehead atoms. The molecular formula is C23H25BrN6O4S. The molecule has 3 aromatic rings. The molecule has 0 unspecified atom stereocenters. The molecule has 1 heterocycles. The van der Waals surface area contributed by atoms with Gasteiger partial charge >= 0.3 is 0 Å². The number of hydrogen-bond donors (Lipinski definition) is 2. The van der Waals surface area contributed by atoms with Crippen LogP contribution in [0.4, 0.5) is 11.4 Å². The number of aromatic nitrogens is 3. The Morgan fingerprint density at radius 1 is 1.17 bits per heavy atom. The molecule has 0 aliphatic rings. The number of carbonyl (C=O) groups excluding carboxylic acids is 2. The molecule has 0 aliphatic carbocycles. The Kier molecular flexibility index (Phi) is 8.99. The summed E-state index contributed by atoms with van der Waals surface area (Å²) >= 11 is 4.61. The highest BCUT2D eigenvalue weighted by molar-refractivity contribution is 9.10. The van der Waals surface area contributed by atoms with Gasteiger partial charge < -0.3 is 15.2 Å². The Morgan fingerprint density at radius 3 is 2.51 bits per heavy atom. The van der Waals surface area contributed by atoms with Gasteiger partial charge in [-0.25, -0.2) is 0 Å². The first-order valence-corrected chi connectivity index (χ1v) is 12.6. The quantitative estimate of drug-likeness (QED) is 0.206. The van der Waals surface area contributed by atoms with E-state index in [9.17, 15) is 19.7 Å². The van der Waals surface area contributed by atoms with Crippen LogP contribution in [0.25, 0.3) is 0 Å². The summed E-state index contributed by atoms with van der Waals surface area (Å²) in [5, 5.41) is 25.9. The second-order valence-corrected chi connectivity index (χ2v) is 9.79. The third-order valence-corrected chi connectivity index (χ3v) is 6.57. The van der Waals surface area contributed by atoms with Gasteiger partial charge in [-0.05, 0) is 43.2 Å². The number of halogens is 1. The van der Waals surface area contributed by atoms with E-state index in [2.05, 4.69) is 36.8 Å². The Morgan fingerprint density at radius 2 is 1.89 bits per heavy atom. The van der Waals surface area contributed by atoms with Crippen LogP contribution < -0.4 is 10.6 Å². The number of nitrogens with one attached hydrogen (secondary N) is 2. The van der Waals surface area contributed by atoms with Crippen molar-refractivity contribution in [1.29, 1.82) is 0 Å². The van der Waals surface area contributed by atoms with Crippen LogP contribution in [-0.4, -0.2) is 37.3 Å². The minimum atomic E-state index is -0.541. The molecule has 3 rings (SSSR count). The van der Waals surface area contributed by atoms with Gasteiger partial charge in [0.2, 0.25) is 5.91 Å². The van der Waals surface area contributed by atoms with E-state index in [1.165, 1.54) is 36.0 Å². The number of benzene rings is 2. The summed E-state index contributed by atoms with van der Waals surface area (Å²) < 4.78 is 2.78. The van der Waals surface area contributed by atoms with Gasteiger partial charge in [-0.3, -0.25) is 19.7 Å². The number of hydrogen-bond acceptors (Lipinski definition) is 7. The molecule has 35 heavy (non-hydrogen) atoms. The minimum Gasteiger partial charge on any atom is -0.342 e. The van der Waals surface area contributed by atoms with Gasteiger partial charge in [0.05, 0.1) is 16.7 Å². The molecule has 0 saturated heterocycles. The number of thioether (sulfide) groups is 1. The molecule has 2 N–H and O–H groups in total. The molecule has 2 aromatic carbocycles. The average Bonchev–Trinajstić information content (AvgIpc) is 3.24. The summed E-state index contributed by atoms with van der Waals surface area (Å²) in [5.41, 5.74) is 0.724. The Hall–Kier alpha value is -3.25. The summed E-state index contributed by atoms with van der Waals surface area (Å²) in [6, 6.07) is 12.4. The molecule has 1 aromatic heterocycles. The fourth-order valence-corrected chi connectivity index (χ4v) is 4.38. The minimum absolute atomic E-state index is 0.0364. The van der Waals surface area contributed by atoms with E-state index in [1.807, 2.05) is 37.5 Å². The maximum Gasteiger partial charge on any atom is 0.270 e. The molecule has 12 heteroatoms. The maximum atomic E-state index is 12.9. The Labute approximate surface area is 215 Å². The van der Waals surface area contributed by atoms with Crippen LogP contribution in [0.3, 0.4) is 0 Å². The van der Waals surface area contributed by atoms with Crippen LogP contribution in [0.2, 0.25) is 0 Å². The highest BCUT2D eigenvalue weighted by atomic mass is 79.9. The molecule has 184 valence electrons. The zero-order valence-electron chi connectivity index (χ0n) is 19.4. The van der Waals surface area contributed by atoms with Crippen LogP contribution >= 0.6 is 27.7 Å². The smallest absolute Gasteiger partial charge is 0.270 e. The zero-order chi connectivity index (χ0) is 25.5. The molecule has 0 aliphatic heterocycles. The van der Waals surface area contributed by atoms with Crippen molar-refractivity contribution in [3.8, 4) is 0 Å². The van der Waals surface area contributed by atoms with E-state index in [0.717, 1.165) is 4.47 Å². The highest BCUT2D eigenvalue weighted by Crippen LogP contribution is 2.26. The van der Waals surface area contributed by atoms with Crippen LogP contribution in [0.5, 0.6) is 0 Å². The van der Waals surface area contributed by atoms with Crippen LogP contribution in [0, 0.1) is 16.0 Å². The van der Waals surface area contributed by atoms with E-state index in [1.54, 1.807) is 12.1 Å². The lowest BCUT2D eigenvalue weighted by Crippen LogP contribution is -2.33. The normalized spacial score (nSPS) is 11.8. The van der Waals surface area contributed by atoms with Gasteiger partial charge in [-0.15, -0.1) is 10.2 Å². The second kappa shape index (κ2) is 11.9. The predicted octanol–water partition coefficient (Wildman–Crippen LogP) is 4.83. The van der Waals surface area contributed by atoms with Gasteiger partial charge in [-0.1, -0.05) is 47.6 Å². The lowest BCUT2D eigenvalue weighted by Gasteiger charge is -2.22. The topological polar surface area (TPSA) is 132 Å². The maximum absolute atomic E-state index is 12.9. The number of carbonyl (C=O) groups is 2. The fraction of sp³-hybridized carbons (Fsp3) is 0.304. The summed E-state index contributed by atoms with van der Waals surface area (Å²) in [6.07, 6.45) is 0. The highest BCUT2D eigenvalue weighted by Gasteiger charge is 2.26. The monoisotopic (exact) mass is 560 g/mol. The standard InChI is InChI=1S/C23H25BrN6O4S/c1-4-29-21(20(14(2)3)26-22(32)15-6-5-7-18(12-15)30(33)34)27-28-23(29)35-13-19(31)25-17-10-8-16(24)9-11-17/h5-12,14,20H,4,13H2,1-3H3,(H,25,31)(H,26,32)/t20-/m1/s1. The summed E-state index contributed by atoms with van der Waals surface area (Å²) in [5.74, 6) is 0.0356. The number of rotatable bonds is 10. The first-order valence-electron chi connectivity index (χ1n) is 10.9. The van der Waals surface area contributed by atoms with Gasteiger partial charge in [0.15, 0.2) is 11.0 Å². The van der Waals surface area contributed by atoms with E-state index in [0.29, 0.717) is 23.2 Å². The average molecular weight is 561 g/mol. The largest absolute Gasteiger partial charge is 0.342 e. The number of anilines is 1. The van der Waals surface area contributed by atoms with Crippen molar-refractivity contribution >= 4 is 50.9 Å². The van der Waals surface area contributed by atoms with Gasteiger partial charge in [0.1, 0.15) is 0 Å². The van der Waals surface area contributed by atoms with Gasteiger partial charge in [-0.2, -0.15) is 0 Å². The van der Waals surface area contributed by atoms with Crippen molar-refractivity contribution in [2.45, 2.75) is 38.5 Å². The summed E-state index contributed by atoms with van der Waals surface area (Å²) in [4.78, 5) is 35.8. The predicted molar refractivity (Wildman–Crippen MR) is 137 cm³/mol. The third kappa shape index (κ3) is 6.89. The number of nitro groups is 1. The Bertz CT molecular complexity index is 1210. The molecular weight excluding hydrogens is 536 g/mol. The van der Waals surface area contributed by atoms with E-state index in [4.69, 9.17) is 0 Å². The molecule has 0 spiro atoms. The Balaban J connectivity index is 1.72. The van der Waals surface area contributed by atoms with Crippen molar-refractivity contribution in [2.24, 2.45) is 5.92 Å². The first-order chi connectivity index (χ1) is 16.7. The molecule has 2 amide bonds. The number of amides is 2. The molecule has 10 nitrogen and oxygen atoms in total. The molecule has 0 saturated carbocycles. The molecule has 1 atom stereocenters. The zero-order valence-corrected chi connectivity index (χ0v) is 21.8. The third-order valence-electron chi connectivity index (χ3n) is 5.07. The molecule has 0 radical (unpaired) electrons. The van der Waals surface area contributed by atoms with Crippen molar-refractivity contribution in [3.63, 3.8) is 0 Å². The van der Waals surface area contributed by atoms with Gasteiger partial charge in [0, 0.05) is 34.4 Å². The number of nitrogens with zero attached hydrogens (tertiary/aromatic N) is 4. The van der Waals surface area contributed by atoms with Crippen molar-refractivity contribution in [1.82, 2.24) is 20.1 Å². The van der Waals surface area contributed by atoms with Crippen LogP contribution in [0.1, 0.15) is 43.0 Å². The lowest BCUT2D eigenvalue weighted by atomic mass is 10.0. The van der Waals surface area contributed by atoms with Crippen LogP contribution in [-0.2, 0) is 11.3 Å². The van der Waals surface area contributed by atoms with Crippen LogP contribution in [0.15, 0.2) is 58.2 Å². The fourth-order valence-electron chi connectivity index (χ4n) is 3.31.